The second kappa shape index (κ2) is 7.59. The smallest absolute Gasteiger partial charge is 0.319 e. The lowest BCUT2D eigenvalue weighted by atomic mass is 10.3. The summed E-state index contributed by atoms with van der Waals surface area (Å²) in [4.78, 5) is 24.8. The lowest BCUT2D eigenvalue weighted by Gasteiger charge is -2.24. The number of nitrogens with zero attached hydrogens (tertiary/aromatic N) is 1. The van der Waals surface area contributed by atoms with Crippen LogP contribution in [0.3, 0.4) is 0 Å². The number of methoxy groups -OCH3 is 1. The summed E-state index contributed by atoms with van der Waals surface area (Å²) >= 11 is 0. The Bertz CT molecular complexity index is 477. The predicted octanol–water partition coefficient (Wildman–Crippen LogP) is 1.65. The maximum absolute atomic E-state index is 13.4. The minimum atomic E-state index is -0.495. The summed E-state index contributed by atoms with van der Waals surface area (Å²) in [5.41, 5.74) is 0.124. The van der Waals surface area contributed by atoms with E-state index in [0.717, 1.165) is 0 Å². The van der Waals surface area contributed by atoms with E-state index >= 15 is 0 Å². The molecule has 0 unspecified atom stereocenters. The van der Waals surface area contributed by atoms with Crippen LogP contribution >= 0.6 is 0 Å². The molecule has 0 aromatic heterocycles. The molecule has 0 aliphatic rings. The fourth-order valence-corrected chi connectivity index (χ4v) is 1.59. The largest absolute Gasteiger partial charge is 0.468 e. The molecule has 0 fully saturated rings. The monoisotopic (exact) mass is 282 g/mol. The van der Waals surface area contributed by atoms with Crippen LogP contribution in [0.25, 0.3) is 0 Å². The number of carbonyl (C=O) groups is 2. The Morgan fingerprint density at radius 3 is 2.50 bits per heavy atom. The van der Waals surface area contributed by atoms with Gasteiger partial charge in [-0.05, 0) is 26.0 Å². The summed E-state index contributed by atoms with van der Waals surface area (Å²) in [5, 5.41) is 2.48. The Morgan fingerprint density at radius 1 is 1.30 bits per heavy atom. The minimum Gasteiger partial charge on any atom is -0.468 e. The second-order valence-electron chi connectivity index (χ2n) is 4.60. The number of halogens is 1. The van der Waals surface area contributed by atoms with E-state index in [4.69, 9.17) is 0 Å². The van der Waals surface area contributed by atoms with Crippen LogP contribution in [0.1, 0.15) is 13.8 Å². The Morgan fingerprint density at radius 2 is 1.95 bits per heavy atom. The number of amides is 1. The first kappa shape index (κ1) is 16.1. The summed E-state index contributed by atoms with van der Waals surface area (Å²) < 4.78 is 18.0. The highest BCUT2D eigenvalue weighted by molar-refractivity contribution is 5.92. The third-order valence-corrected chi connectivity index (χ3v) is 2.78. The zero-order valence-corrected chi connectivity index (χ0v) is 11.9. The molecule has 1 amide bonds. The highest BCUT2D eigenvalue weighted by Crippen LogP contribution is 2.12. The highest BCUT2D eigenvalue weighted by atomic mass is 19.1. The first-order valence-corrected chi connectivity index (χ1v) is 6.29. The van der Waals surface area contributed by atoms with Crippen molar-refractivity contribution in [2.45, 2.75) is 19.9 Å². The Kier molecular flexibility index (Phi) is 6.11. The fraction of sp³-hybridized carbons (Fsp3) is 0.429. The quantitative estimate of drug-likeness (QED) is 0.806. The van der Waals surface area contributed by atoms with E-state index in [9.17, 15) is 14.0 Å². The van der Waals surface area contributed by atoms with Gasteiger partial charge in [0.25, 0.3) is 0 Å². The molecule has 0 bridgehead atoms. The highest BCUT2D eigenvalue weighted by Gasteiger charge is 2.18. The number of hydrogen-bond donors (Lipinski definition) is 1. The van der Waals surface area contributed by atoms with Crippen LogP contribution in [0, 0.1) is 5.82 Å². The molecule has 1 rings (SSSR count). The van der Waals surface area contributed by atoms with Gasteiger partial charge in [0.1, 0.15) is 5.82 Å². The average molecular weight is 282 g/mol. The zero-order valence-electron chi connectivity index (χ0n) is 11.9. The fourth-order valence-electron chi connectivity index (χ4n) is 1.59. The van der Waals surface area contributed by atoms with Gasteiger partial charge in [0.2, 0.25) is 5.91 Å². The summed E-state index contributed by atoms with van der Waals surface area (Å²) in [7, 11) is 1.29. The Hall–Kier alpha value is -1.95. The third-order valence-electron chi connectivity index (χ3n) is 2.78. The van der Waals surface area contributed by atoms with Crippen LogP contribution in [-0.4, -0.2) is 43.0 Å². The molecule has 0 heterocycles. The molecule has 0 saturated carbocycles. The molecule has 0 spiro atoms. The first-order valence-electron chi connectivity index (χ1n) is 6.29. The summed E-state index contributed by atoms with van der Waals surface area (Å²) in [5.74, 6) is -1.30. The third kappa shape index (κ3) is 4.97. The van der Waals surface area contributed by atoms with Crippen molar-refractivity contribution >= 4 is 17.6 Å². The molecular weight excluding hydrogens is 263 g/mol. The van der Waals surface area contributed by atoms with Crippen LogP contribution in [-0.2, 0) is 14.3 Å². The van der Waals surface area contributed by atoms with Gasteiger partial charge in [0.15, 0.2) is 0 Å². The zero-order chi connectivity index (χ0) is 15.1. The van der Waals surface area contributed by atoms with Crippen molar-refractivity contribution in [3.05, 3.63) is 30.1 Å². The van der Waals surface area contributed by atoms with Gasteiger partial charge in [0, 0.05) is 6.04 Å². The van der Waals surface area contributed by atoms with E-state index < -0.39 is 11.8 Å². The van der Waals surface area contributed by atoms with Crippen molar-refractivity contribution in [2.24, 2.45) is 0 Å². The van der Waals surface area contributed by atoms with Crippen LogP contribution in [0.5, 0.6) is 0 Å². The van der Waals surface area contributed by atoms with Crippen LogP contribution < -0.4 is 5.32 Å². The maximum Gasteiger partial charge on any atom is 0.319 e. The molecular formula is C14H19FN2O3. The van der Waals surface area contributed by atoms with E-state index in [-0.39, 0.29) is 30.7 Å². The molecule has 6 heteroatoms. The molecule has 0 saturated heterocycles. The number of para-hydroxylation sites is 1. The molecule has 20 heavy (non-hydrogen) atoms. The standard InChI is InChI=1S/C14H19FN2O3/c1-10(2)17(9-14(19)20-3)8-13(18)16-12-7-5-4-6-11(12)15/h4-7,10H,8-9H2,1-3H3,(H,16,18). The van der Waals surface area contributed by atoms with Gasteiger partial charge in [-0.1, -0.05) is 12.1 Å². The van der Waals surface area contributed by atoms with Gasteiger partial charge < -0.3 is 10.1 Å². The van der Waals surface area contributed by atoms with Crippen LogP contribution in [0.15, 0.2) is 24.3 Å². The number of anilines is 1. The number of nitrogens with one attached hydrogen (secondary N) is 1. The lowest BCUT2D eigenvalue weighted by Crippen LogP contribution is -2.41. The molecule has 110 valence electrons. The number of carbonyl (C=O) groups excluding carboxylic acids is 2. The second-order valence-corrected chi connectivity index (χ2v) is 4.60. The predicted molar refractivity (Wildman–Crippen MR) is 73.8 cm³/mol. The molecule has 5 nitrogen and oxygen atoms in total. The van der Waals surface area contributed by atoms with Crippen molar-refractivity contribution in [2.75, 3.05) is 25.5 Å². The summed E-state index contributed by atoms with van der Waals surface area (Å²) in [6.07, 6.45) is 0. The summed E-state index contributed by atoms with van der Waals surface area (Å²) in [6, 6.07) is 5.91. The molecule has 1 N–H and O–H groups in total. The van der Waals surface area contributed by atoms with E-state index in [1.807, 2.05) is 13.8 Å². The lowest BCUT2D eigenvalue weighted by molar-refractivity contribution is -0.142. The van der Waals surface area contributed by atoms with Gasteiger partial charge in [0.05, 0.1) is 25.9 Å². The van der Waals surface area contributed by atoms with E-state index in [0.29, 0.717) is 0 Å². The molecule has 0 aliphatic heterocycles. The molecule has 0 aliphatic carbocycles. The molecule has 1 aromatic carbocycles. The van der Waals surface area contributed by atoms with Gasteiger partial charge in [-0.3, -0.25) is 14.5 Å². The molecule has 0 radical (unpaired) electrons. The van der Waals surface area contributed by atoms with Crippen LogP contribution in [0.2, 0.25) is 0 Å². The van der Waals surface area contributed by atoms with Crippen LogP contribution in [0.4, 0.5) is 10.1 Å². The van der Waals surface area contributed by atoms with Crippen molar-refractivity contribution in [3.63, 3.8) is 0 Å². The molecule has 1 aromatic rings. The maximum atomic E-state index is 13.4. The number of rotatable bonds is 6. The normalized spacial score (nSPS) is 10.7. The van der Waals surface area contributed by atoms with Crippen molar-refractivity contribution in [1.82, 2.24) is 4.90 Å². The number of benzene rings is 1. The van der Waals surface area contributed by atoms with Gasteiger partial charge >= 0.3 is 5.97 Å². The SMILES string of the molecule is COC(=O)CN(CC(=O)Nc1ccccc1F)C(C)C. The number of ether oxygens (including phenoxy) is 1. The number of hydrogen-bond acceptors (Lipinski definition) is 4. The van der Waals surface area contributed by atoms with Crippen molar-refractivity contribution < 1.29 is 18.7 Å². The van der Waals surface area contributed by atoms with Crippen molar-refractivity contribution in [3.8, 4) is 0 Å². The van der Waals surface area contributed by atoms with Gasteiger partial charge in [-0.25, -0.2) is 4.39 Å². The first-order chi connectivity index (χ1) is 9.43. The molecule has 0 atom stereocenters. The van der Waals surface area contributed by atoms with Crippen molar-refractivity contribution in [1.29, 1.82) is 0 Å². The Labute approximate surface area is 117 Å². The summed E-state index contributed by atoms with van der Waals surface area (Å²) in [6.45, 7) is 3.72. The average Bonchev–Trinajstić information content (AvgIpc) is 2.40. The van der Waals surface area contributed by atoms with E-state index in [1.165, 1.54) is 19.2 Å². The minimum absolute atomic E-state index is 0.0128. The van der Waals surface area contributed by atoms with E-state index in [2.05, 4.69) is 10.1 Å². The number of esters is 1. The van der Waals surface area contributed by atoms with Gasteiger partial charge in [-0.2, -0.15) is 0 Å². The topological polar surface area (TPSA) is 58.6 Å². The van der Waals surface area contributed by atoms with Gasteiger partial charge in [-0.15, -0.1) is 0 Å². The Balaban J connectivity index is 2.63. The van der Waals surface area contributed by atoms with E-state index in [1.54, 1.807) is 17.0 Å².